The minimum atomic E-state index is -0.0318. The maximum atomic E-state index is 12.0. The Labute approximate surface area is 95.2 Å². The Balaban J connectivity index is 1.97. The lowest BCUT2D eigenvalue weighted by atomic mass is 9.78. The zero-order chi connectivity index (χ0) is 11.6. The van der Waals surface area contributed by atoms with Gasteiger partial charge in [0.25, 0.3) is 5.91 Å². The summed E-state index contributed by atoms with van der Waals surface area (Å²) in [6, 6.07) is 0. The summed E-state index contributed by atoms with van der Waals surface area (Å²) < 4.78 is 0. The number of H-pyrrole nitrogens is 1. The van der Waals surface area contributed by atoms with Crippen molar-refractivity contribution in [3.8, 4) is 0 Å². The van der Waals surface area contributed by atoms with Gasteiger partial charge in [-0.2, -0.15) is 5.10 Å². The van der Waals surface area contributed by atoms with Crippen LogP contribution < -0.4 is 0 Å². The van der Waals surface area contributed by atoms with Crippen LogP contribution in [0.5, 0.6) is 0 Å². The molecule has 5 nitrogen and oxygen atoms in total. The van der Waals surface area contributed by atoms with Crippen molar-refractivity contribution in [2.75, 3.05) is 13.1 Å². The van der Waals surface area contributed by atoms with Gasteiger partial charge in [0.2, 0.25) is 5.82 Å². The average molecular weight is 222 g/mol. The van der Waals surface area contributed by atoms with E-state index >= 15 is 0 Å². The summed E-state index contributed by atoms with van der Waals surface area (Å²) in [6.45, 7) is 6.16. The average Bonchev–Trinajstić information content (AvgIpc) is 2.83. The van der Waals surface area contributed by atoms with E-state index in [0.29, 0.717) is 11.2 Å². The van der Waals surface area contributed by atoms with Gasteiger partial charge in [0, 0.05) is 13.1 Å². The Morgan fingerprint density at radius 1 is 1.56 bits per heavy atom. The first-order valence-electron chi connectivity index (χ1n) is 5.79. The third-order valence-corrected chi connectivity index (χ3v) is 3.73. The molecule has 1 saturated heterocycles. The number of piperidine rings is 1. The number of carbonyl (C=O) groups is 1. The molecule has 1 aromatic heterocycles. The molecule has 88 valence electrons. The number of hydrogen-bond acceptors (Lipinski definition) is 3. The molecule has 0 aliphatic carbocycles. The van der Waals surface area contributed by atoms with Crippen molar-refractivity contribution in [3.63, 3.8) is 0 Å². The summed E-state index contributed by atoms with van der Waals surface area (Å²) in [7, 11) is 0. The first kappa shape index (κ1) is 11.1. The van der Waals surface area contributed by atoms with E-state index in [1.165, 1.54) is 12.7 Å². The van der Waals surface area contributed by atoms with E-state index in [9.17, 15) is 4.79 Å². The molecular weight excluding hydrogens is 204 g/mol. The number of nitrogens with one attached hydrogen (secondary N) is 1. The molecule has 0 radical (unpaired) electrons. The Hall–Kier alpha value is -1.39. The molecular formula is C11H18N4O. The molecule has 0 aromatic carbocycles. The van der Waals surface area contributed by atoms with Crippen LogP contribution in [0.2, 0.25) is 0 Å². The molecule has 5 heteroatoms. The van der Waals surface area contributed by atoms with Gasteiger partial charge in [0.15, 0.2) is 0 Å². The highest BCUT2D eigenvalue weighted by atomic mass is 16.2. The number of aromatic amines is 1. The Bertz CT molecular complexity index is 352. The van der Waals surface area contributed by atoms with Crippen LogP contribution in [0.1, 0.15) is 43.7 Å². The van der Waals surface area contributed by atoms with Crippen molar-refractivity contribution < 1.29 is 4.79 Å². The van der Waals surface area contributed by atoms with Crippen LogP contribution >= 0.6 is 0 Å². The first-order valence-corrected chi connectivity index (χ1v) is 5.79. The summed E-state index contributed by atoms with van der Waals surface area (Å²) in [5.74, 6) is 0.316. The molecule has 1 fully saturated rings. The highest BCUT2D eigenvalue weighted by molar-refractivity contribution is 5.90. The predicted octanol–water partition coefficient (Wildman–Crippen LogP) is 1.46. The molecule has 1 aromatic rings. The van der Waals surface area contributed by atoms with E-state index in [0.717, 1.165) is 25.9 Å². The summed E-state index contributed by atoms with van der Waals surface area (Å²) in [6.07, 6.45) is 4.69. The van der Waals surface area contributed by atoms with E-state index in [4.69, 9.17) is 0 Å². The molecule has 0 unspecified atom stereocenters. The number of nitrogens with zero attached hydrogens (tertiary/aromatic N) is 3. The molecule has 0 bridgehead atoms. The van der Waals surface area contributed by atoms with Crippen molar-refractivity contribution >= 4 is 5.91 Å². The van der Waals surface area contributed by atoms with Gasteiger partial charge in [-0.15, -0.1) is 0 Å². The number of hydrogen-bond donors (Lipinski definition) is 1. The Morgan fingerprint density at radius 3 is 2.75 bits per heavy atom. The number of carbonyl (C=O) groups excluding carboxylic acids is 1. The zero-order valence-electron chi connectivity index (χ0n) is 9.86. The molecule has 1 aliphatic heterocycles. The fraction of sp³-hybridized carbons (Fsp3) is 0.727. The lowest BCUT2D eigenvalue weighted by molar-refractivity contribution is 0.0589. The van der Waals surface area contributed by atoms with Gasteiger partial charge in [-0.1, -0.05) is 20.3 Å². The molecule has 2 heterocycles. The minimum absolute atomic E-state index is 0.0318. The second-order valence-electron chi connectivity index (χ2n) is 4.79. The lowest BCUT2D eigenvalue weighted by Gasteiger charge is -2.38. The SMILES string of the molecule is CCC1(C)CCN(C(=O)c2ncn[nH]2)CC1. The van der Waals surface area contributed by atoms with Gasteiger partial charge >= 0.3 is 0 Å². The molecule has 1 N–H and O–H groups in total. The molecule has 0 atom stereocenters. The standard InChI is InChI=1S/C11H18N4O/c1-3-11(2)4-6-15(7-5-11)10(16)9-12-8-13-14-9/h8H,3-7H2,1-2H3,(H,12,13,14). The number of likely N-dealkylation sites (tertiary alicyclic amines) is 1. The lowest BCUT2D eigenvalue weighted by Crippen LogP contribution is -2.42. The van der Waals surface area contributed by atoms with Crippen LogP contribution in [0, 0.1) is 5.41 Å². The summed E-state index contributed by atoms with van der Waals surface area (Å²) in [5.41, 5.74) is 0.401. The van der Waals surface area contributed by atoms with E-state index in [1.54, 1.807) is 0 Å². The number of amides is 1. The Kier molecular flexibility index (Phi) is 2.94. The summed E-state index contributed by atoms with van der Waals surface area (Å²) in [5, 5.41) is 6.32. The van der Waals surface area contributed by atoms with Crippen LogP contribution in [0.15, 0.2) is 6.33 Å². The topological polar surface area (TPSA) is 61.9 Å². The van der Waals surface area contributed by atoms with Gasteiger partial charge in [-0.3, -0.25) is 9.89 Å². The quantitative estimate of drug-likeness (QED) is 0.824. The molecule has 0 saturated carbocycles. The van der Waals surface area contributed by atoms with Crippen LogP contribution in [0.25, 0.3) is 0 Å². The summed E-state index contributed by atoms with van der Waals surface area (Å²) in [4.78, 5) is 17.7. The van der Waals surface area contributed by atoms with Gasteiger partial charge < -0.3 is 4.90 Å². The Morgan fingerprint density at radius 2 is 2.25 bits per heavy atom. The fourth-order valence-electron chi connectivity index (χ4n) is 2.06. The van der Waals surface area contributed by atoms with Crippen molar-refractivity contribution in [2.24, 2.45) is 5.41 Å². The van der Waals surface area contributed by atoms with Crippen LogP contribution in [-0.2, 0) is 0 Å². The molecule has 1 amide bonds. The maximum Gasteiger partial charge on any atom is 0.291 e. The molecule has 0 spiro atoms. The van der Waals surface area contributed by atoms with E-state index < -0.39 is 0 Å². The largest absolute Gasteiger partial charge is 0.336 e. The van der Waals surface area contributed by atoms with Gasteiger partial charge in [-0.25, -0.2) is 4.98 Å². The van der Waals surface area contributed by atoms with Crippen LogP contribution in [0.4, 0.5) is 0 Å². The highest BCUT2D eigenvalue weighted by Gasteiger charge is 2.31. The number of rotatable bonds is 2. The highest BCUT2D eigenvalue weighted by Crippen LogP contribution is 2.34. The smallest absolute Gasteiger partial charge is 0.291 e. The van der Waals surface area contributed by atoms with E-state index in [-0.39, 0.29) is 5.91 Å². The van der Waals surface area contributed by atoms with Crippen molar-refractivity contribution in [2.45, 2.75) is 33.1 Å². The first-order chi connectivity index (χ1) is 7.64. The molecule has 1 aliphatic rings. The fourth-order valence-corrected chi connectivity index (χ4v) is 2.06. The third kappa shape index (κ3) is 2.08. The van der Waals surface area contributed by atoms with Crippen molar-refractivity contribution in [1.82, 2.24) is 20.1 Å². The predicted molar refractivity (Wildman–Crippen MR) is 59.9 cm³/mol. The van der Waals surface area contributed by atoms with Crippen molar-refractivity contribution in [3.05, 3.63) is 12.2 Å². The van der Waals surface area contributed by atoms with E-state index in [1.807, 2.05) is 4.90 Å². The van der Waals surface area contributed by atoms with Crippen LogP contribution in [0.3, 0.4) is 0 Å². The zero-order valence-corrected chi connectivity index (χ0v) is 9.86. The second kappa shape index (κ2) is 4.23. The van der Waals surface area contributed by atoms with E-state index in [2.05, 4.69) is 29.0 Å². The summed E-state index contributed by atoms with van der Waals surface area (Å²) >= 11 is 0. The second-order valence-corrected chi connectivity index (χ2v) is 4.79. The molecule has 16 heavy (non-hydrogen) atoms. The van der Waals surface area contributed by atoms with Gasteiger partial charge in [-0.05, 0) is 18.3 Å². The number of aromatic nitrogens is 3. The monoisotopic (exact) mass is 222 g/mol. The van der Waals surface area contributed by atoms with Crippen molar-refractivity contribution in [1.29, 1.82) is 0 Å². The van der Waals surface area contributed by atoms with Gasteiger partial charge in [0.05, 0.1) is 0 Å². The van der Waals surface area contributed by atoms with Gasteiger partial charge in [0.1, 0.15) is 6.33 Å². The maximum absolute atomic E-state index is 12.0. The normalized spacial score (nSPS) is 19.8. The minimum Gasteiger partial charge on any atom is -0.336 e. The molecule has 2 rings (SSSR count). The van der Waals surface area contributed by atoms with Crippen LogP contribution in [-0.4, -0.2) is 39.1 Å². The third-order valence-electron chi connectivity index (χ3n) is 3.73.